The molecule has 90 valence electrons. The van der Waals surface area contributed by atoms with Gasteiger partial charge in [-0.05, 0) is 12.1 Å². The molecule has 1 rings (SSSR count). The van der Waals surface area contributed by atoms with Crippen LogP contribution in [-0.4, -0.2) is 13.7 Å². The Labute approximate surface area is 104 Å². The van der Waals surface area contributed by atoms with Crippen LogP contribution in [0, 0.1) is 0 Å². The van der Waals surface area contributed by atoms with Gasteiger partial charge in [-0.1, -0.05) is 25.4 Å². The zero-order chi connectivity index (χ0) is 12.5. The third kappa shape index (κ3) is 3.28. The first-order valence-electron chi connectivity index (χ1n) is 4.50. The molecule has 7 heteroatoms. The average molecular weight is 281 g/mol. The lowest BCUT2D eigenvalue weighted by Gasteiger charge is -2.10. The number of hydrogen-bond donors (Lipinski definition) is 2. The van der Waals surface area contributed by atoms with E-state index in [0.717, 1.165) is 0 Å². The van der Waals surface area contributed by atoms with Crippen molar-refractivity contribution in [3.05, 3.63) is 17.2 Å². The molecule has 0 heterocycles. The second kappa shape index (κ2) is 4.83. The van der Waals surface area contributed by atoms with E-state index in [0.29, 0.717) is 9.92 Å². The van der Waals surface area contributed by atoms with Crippen molar-refractivity contribution in [3.63, 3.8) is 0 Å². The highest BCUT2D eigenvalue weighted by Gasteiger charge is 2.16. The molecular formula is C9H13ClN2O2S2. The quantitative estimate of drug-likeness (QED) is 0.655. The van der Waals surface area contributed by atoms with Crippen LogP contribution < -0.4 is 10.9 Å². The number of rotatable bonds is 3. The highest BCUT2D eigenvalue weighted by atomic mass is 35.5. The van der Waals surface area contributed by atoms with Gasteiger partial charge in [0.15, 0.2) is 0 Å². The molecule has 1 aromatic carbocycles. The zero-order valence-electron chi connectivity index (χ0n) is 8.90. The van der Waals surface area contributed by atoms with Gasteiger partial charge in [-0.3, -0.25) is 0 Å². The molecule has 0 bridgehead atoms. The van der Waals surface area contributed by atoms with Gasteiger partial charge in [0.25, 0.3) is 0 Å². The van der Waals surface area contributed by atoms with E-state index >= 15 is 0 Å². The number of halogens is 1. The van der Waals surface area contributed by atoms with Gasteiger partial charge in [-0.25, -0.2) is 13.6 Å². The summed E-state index contributed by atoms with van der Waals surface area (Å²) in [6.45, 7) is 3.96. The maximum atomic E-state index is 11.2. The second-order valence-electron chi connectivity index (χ2n) is 3.53. The van der Waals surface area contributed by atoms with Crippen molar-refractivity contribution in [2.45, 2.75) is 28.9 Å². The van der Waals surface area contributed by atoms with E-state index in [1.807, 2.05) is 13.8 Å². The molecular weight excluding hydrogens is 268 g/mol. The highest BCUT2D eigenvalue weighted by Crippen LogP contribution is 2.34. The van der Waals surface area contributed by atoms with Gasteiger partial charge in [0.1, 0.15) is 4.90 Å². The molecule has 0 spiro atoms. The smallest absolute Gasteiger partial charge is 0.240 e. The predicted octanol–water partition coefficient (Wildman–Crippen LogP) is 2.07. The SMILES string of the molecule is CC(C)Sc1cc(S(N)(=O)=O)c(N)cc1Cl. The number of benzene rings is 1. The first kappa shape index (κ1) is 13.6. The highest BCUT2D eigenvalue weighted by molar-refractivity contribution is 8.00. The van der Waals surface area contributed by atoms with Crippen molar-refractivity contribution in [1.29, 1.82) is 0 Å². The summed E-state index contributed by atoms with van der Waals surface area (Å²) in [6.07, 6.45) is 0. The first-order chi connectivity index (χ1) is 7.21. The van der Waals surface area contributed by atoms with Crippen LogP contribution in [-0.2, 0) is 10.0 Å². The van der Waals surface area contributed by atoms with E-state index in [4.69, 9.17) is 22.5 Å². The normalized spacial score (nSPS) is 12.1. The molecule has 0 aliphatic carbocycles. The summed E-state index contributed by atoms with van der Waals surface area (Å²) in [5.41, 5.74) is 5.62. The van der Waals surface area contributed by atoms with Crippen LogP contribution in [0.3, 0.4) is 0 Å². The van der Waals surface area contributed by atoms with Gasteiger partial charge in [0, 0.05) is 10.1 Å². The number of anilines is 1. The Morgan fingerprint density at radius 2 is 1.94 bits per heavy atom. The van der Waals surface area contributed by atoms with Crippen LogP contribution in [0.25, 0.3) is 0 Å². The monoisotopic (exact) mass is 280 g/mol. The topological polar surface area (TPSA) is 86.2 Å². The number of nitrogens with two attached hydrogens (primary N) is 2. The van der Waals surface area contributed by atoms with Gasteiger partial charge in [-0.15, -0.1) is 11.8 Å². The number of nitrogen functional groups attached to an aromatic ring is 1. The summed E-state index contributed by atoms with van der Waals surface area (Å²) in [6, 6.07) is 2.82. The Morgan fingerprint density at radius 3 is 2.38 bits per heavy atom. The van der Waals surface area contributed by atoms with E-state index in [9.17, 15) is 8.42 Å². The molecule has 1 aromatic rings. The van der Waals surface area contributed by atoms with Crippen LogP contribution in [0.15, 0.2) is 21.9 Å². The maximum Gasteiger partial charge on any atom is 0.240 e. The van der Waals surface area contributed by atoms with Crippen molar-refractivity contribution in [2.24, 2.45) is 5.14 Å². The Bertz CT molecular complexity index is 500. The summed E-state index contributed by atoms with van der Waals surface area (Å²) >= 11 is 7.42. The third-order valence-corrected chi connectivity index (χ3v) is 4.19. The zero-order valence-corrected chi connectivity index (χ0v) is 11.3. The maximum absolute atomic E-state index is 11.2. The molecule has 0 fully saturated rings. The van der Waals surface area contributed by atoms with Crippen molar-refractivity contribution in [2.75, 3.05) is 5.73 Å². The minimum Gasteiger partial charge on any atom is -0.398 e. The van der Waals surface area contributed by atoms with E-state index < -0.39 is 10.0 Å². The van der Waals surface area contributed by atoms with E-state index in [1.165, 1.54) is 23.9 Å². The summed E-state index contributed by atoms with van der Waals surface area (Å²) < 4.78 is 22.5. The molecule has 0 radical (unpaired) electrons. The summed E-state index contributed by atoms with van der Waals surface area (Å²) in [5.74, 6) is 0. The fourth-order valence-corrected chi connectivity index (χ4v) is 3.06. The van der Waals surface area contributed by atoms with E-state index in [1.54, 1.807) is 0 Å². The van der Waals surface area contributed by atoms with Crippen LogP contribution >= 0.6 is 23.4 Å². The lowest BCUT2D eigenvalue weighted by Crippen LogP contribution is -2.14. The summed E-state index contributed by atoms with van der Waals surface area (Å²) in [4.78, 5) is 0.579. The average Bonchev–Trinajstić information content (AvgIpc) is 2.06. The van der Waals surface area contributed by atoms with Crippen LogP contribution in [0.1, 0.15) is 13.8 Å². The van der Waals surface area contributed by atoms with Gasteiger partial charge in [0.05, 0.1) is 10.7 Å². The number of thioether (sulfide) groups is 1. The molecule has 0 aliphatic heterocycles. The van der Waals surface area contributed by atoms with E-state index in [-0.39, 0.29) is 15.8 Å². The van der Waals surface area contributed by atoms with Gasteiger partial charge >= 0.3 is 0 Å². The molecule has 0 aromatic heterocycles. The number of hydrogen-bond acceptors (Lipinski definition) is 4. The molecule has 0 aliphatic rings. The van der Waals surface area contributed by atoms with Gasteiger partial charge in [-0.2, -0.15) is 0 Å². The van der Waals surface area contributed by atoms with Crippen LogP contribution in [0.4, 0.5) is 5.69 Å². The molecule has 0 atom stereocenters. The Kier molecular flexibility index (Phi) is 4.12. The predicted molar refractivity (Wildman–Crippen MR) is 68.2 cm³/mol. The first-order valence-corrected chi connectivity index (χ1v) is 7.30. The fourth-order valence-electron chi connectivity index (χ4n) is 1.14. The van der Waals surface area contributed by atoms with Gasteiger partial charge < -0.3 is 5.73 Å². The summed E-state index contributed by atoms with van der Waals surface area (Å²) in [7, 11) is -3.81. The van der Waals surface area contributed by atoms with Crippen LogP contribution in [0.2, 0.25) is 5.02 Å². The molecule has 16 heavy (non-hydrogen) atoms. The van der Waals surface area contributed by atoms with Crippen molar-refractivity contribution in [1.82, 2.24) is 0 Å². The largest absolute Gasteiger partial charge is 0.398 e. The summed E-state index contributed by atoms with van der Waals surface area (Å²) in [5, 5.41) is 5.77. The second-order valence-corrected chi connectivity index (χ2v) is 7.09. The molecule has 0 saturated heterocycles. The Hall–Kier alpha value is -0.430. The lowest BCUT2D eigenvalue weighted by molar-refractivity contribution is 0.598. The number of primary sulfonamides is 1. The van der Waals surface area contributed by atoms with Crippen LogP contribution in [0.5, 0.6) is 0 Å². The fraction of sp³-hybridized carbons (Fsp3) is 0.333. The molecule has 4 N–H and O–H groups in total. The third-order valence-electron chi connectivity index (χ3n) is 1.73. The van der Waals surface area contributed by atoms with Gasteiger partial charge in [0.2, 0.25) is 10.0 Å². The Balaban J connectivity index is 3.33. The molecule has 0 unspecified atom stereocenters. The molecule has 0 amide bonds. The van der Waals surface area contributed by atoms with Crippen molar-refractivity contribution < 1.29 is 8.42 Å². The Morgan fingerprint density at radius 1 is 1.38 bits per heavy atom. The van der Waals surface area contributed by atoms with E-state index in [2.05, 4.69) is 0 Å². The number of sulfonamides is 1. The van der Waals surface area contributed by atoms with Crippen molar-refractivity contribution >= 4 is 39.1 Å². The lowest BCUT2D eigenvalue weighted by atomic mass is 10.3. The van der Waals surface area contributed by atoms with Crippen molar-refractivity contribution in [3.8, 4) is 0 Å². The minimum absolute atomic E-state index is 0.0700. The standard InChI is InChI=1S/C9H13ClN2O2S2/c1-5(2)15-8-4-9(16(12,13)14)7(11)3-6(8)10/h3-5H,11H2,1-2H3,(H2,12,13,14). The molecule has 4 nitrogen and oxygen atoms in total. The molecule has 0 saturated carbocycles. The minimum atomic E-state index is -3.81.